The maximum atomic E-state index is 12.8. The van der Waals surface area contributed by atoms with Crippen molar-refractivity contribution in [3.63, 3.8) is 0 Å². The molecular formula is C11H13F3N4O5. The maximum absolute atomic E-state index is 12.8. The molecule has 0 radical (unpaired) electrons. The van der Waals surface area contributed by atoms with Gasteiger partial charge >= 0.3 is 17.8 Å². The van der Waals surface area contributed by atoms with Gasteiger partial charge in [0.05, 0.1) is 13.2 Å². The first kappa shape index (κ1) is 17.1. The van der Waals surface area contributed by atoms with Gasteiger partial charge in [0, 0.05) is 6.54 Å². The molecule has 128 valence electrons. The second-order valence-corrected chi connectivity index (χ2v) is 4.85. The van der Waals surface area contributed by atoms with Crippen molar-refractivity contribution in [1.29, 1.82) is 0 Å². The van der Waals surface area contributed by atoms with Gasteiger partial charge in [-0.15, -0.1) is 0 Å². The van der Waals surface area contributed by atoms with Crippen molar-refractivity contribution in [2.45, 2.75) is 18.8 Å². The Labute approximate surface area is 127 Å². The number of aliphatic hydroxyl groups excluding tert-OH is 1. The normalized spacial score (nSPS) is 17.4. The Morgan fingerprint density at radius 2 is 2.17 bits per heavy atom. The number of carbonyl (C=O) groups is 1. The smallest absolute Gasteiger partial charge is 0.387 e. The first-order chi connectivity index (χ1) is 10.7. The van der Waals surface area contributed by atoms with Gasteiger partial charge in [0.1, 0.15) is 25.5 Å². The maximum Gasteiger partial charge on any atom is 0.473 e. The van der Waals surface area contributed by atoms with E-state index >= 15 is 0 Å². The lowest BCUT2D eigenvalue weighted by Crippen LogP contribution is -2.46. The van der Waals surface area contributed by atoms with Crippen molar-refractivity contribution < 1.29 is 32.7 Å². The van der Waals surface area contributed by atoms with Gasteiger partial charge in [-0.05, 0) is 4.92 Å². The summed E-state index contributed by atoms with van der Waals surface area (Å²) in [5, 5.41) is 20.7. The molecule has 1 fully saturated rings. The predicted molar refractivity (Wildman–Crippen MR) is 67.3 cm³/mol. The molecule has 1 aromatic heterocycles. The number of imidazole rings is 1. The summed E-state index contributed by atoms with van der Waals surface area (Å²) in [5.41, 5.74) is 0. The number of ether oxygens (including phenoxy) is 1. The summed E-state index contributed by atoms with van der Waals surface area (Å²) in [4.78, 5) is 25.5. The minimum absolute atomic E-state index is 0.175. The van der Waals surface area contributed by atoms with E-state index in [1.807, 2.05) is 0 Å². The number of aromatic nitrogens is 2. The predicted octanol–water partition coefficient (Wildman–Crippen LogP) is 0.0298. The summed E-state index contributed by atoms with van der Waals surface area (Å²) < 4.78 is 43.7. The molecular weight excluding hydrogens is 325 g/mol. The van der Waals surface area contributed by atoms with Crippen molar-refractivity contribution in [2.24, 2.45) is 0 Å². The van der Waals surface area contributed by atoms with Gasteiger partial charge in [-0.3, -0.25) is 4.79 Å². The van der Waals surface area contributed by atoms with E-state index in [0.717, 1.165) is 0 Å². The van der Waals surface area contributed by atoms with Crippen molar-refractivity contribution in [3.05, 3.63) is 22.1 Å². The molecule has 0 saturated carbocycles. The molecule has 0 bridgehead atoms. The lowest BCUT2D eigenvalue weighted by Gasteiger charge is -2.28. The molecule has 0 aliphatic carbocycles. The molecule has 1 atom stereocenters. The number of alkyl halides is 3. The molecule has 2 heterocycles. The fourth-order valence-corrected chi connectivity index (χ4v) is 2.18. The van der Waals surface area contributed by atoms with Crippen molar-refractivity contribution in [1.82, 2.24) is 14.5 Å². The standard InChI is InChI=1S/C11H13F3N4O5/c12-11(13,14)10-15-3-8(18(21)22)17(10)5-7(19)4-16-1-2-23-6-9(16)20/h3,7,19H,1-2,4-6H2/t7-/m1/s1. The highest BCUT2D eigenvalue weighted by atomic mass is 19.4. The third-order valence-corrected chi connectivity index (χ3v) is 3.18. The van der Waals surface area contributed by atoms with Crippen LogP contribution in [-0.2, 0) is 22.3 Å². The molecule has 12 heteroatoms. The van der Waals surface area contributed by atoms with E-state index in [0.29, 0.717) is 6.20 Å². The Bertz CT molecular complexity index is 603. The zero-order valence-electron chi connectivity index (χ0n) is 11.7. The summed E-state index contributed by atoms with van der Waals surface area (Å²) in [6.45, 7) is -0.706. The summed E-state index contributed by atoms with van der Waals surface area (Å²) in [6, 6.07) is 0. The van der Waals surface area contributed by atoms with Crippen molar-refractivity contribution in [3.8, 4) is 0 Å². The second kappa shape index (κ2) is 6.50. The Hall–Kier alpha value is -2.21. The van der Waals surface area contributed by atoms with Gasteiger partial charge in [-0.2, -0.15) is 17.7 Å². The van der Waals surface area contributed by atoms with Crippen molar-refractivity contribution in [2.75, 3.05) is 26.3 Å². The fourth-order valence-electron chi connectivity index (χ4n) is 2.18. The molecule has 23 heavy (non-hydrogen) atoms. The van der Waals surface area contributed by atoms with E-state index in [2.05, 4.69) is 4.98 Å². The third kappa shape index (κ3) is 3.96. The Balaban J connectivity index is 2.16. The summed E-state index contributed by atoms with van der Waals surface area (Å²) in [5.74, 6) is -2.77. The highest BCUT2D eigenvalue weighted by Crippen LogP contribution is 2.31. The molecule has 0 aromatic carbocycles. The first-order valence-corrected chi connectivity index (χ1v) is 6.51. The summed E-state index contributed by atoms with van der Waals surface area (Å²) >= 11 is 0. The van der Waals surface area contributed by atoms with Crippen molar-refractivity contribution >= 4 is 11.7 Å². The van der Waals surface area contributed by atoms with Crippen LogP contribution in [0.5, 0.6) is 0 Å². The Kier molecular flexibility index (Phi) is 4.85. The molecule has 1 N–H and O–H groups in total. The van der Waals surface area contributed by atoms with E-state index in [9.17, 15) is 33.2 Å². The third-order valence-electron chi connectivity index (χ3n) is 3.18. The summed E-state index contributed by atoms with van der Waals surface area (Å²) in [7, 11) is 0. The average Bonchev–Trinajstić information content (AvgIpc) is 2.85. The number of β-amino-alcohol motifs (C(OH)–C–C–N with tert-alkyl or cyclic N) is 1. The van der Waals surface area contributed by atoms with Gasteiger partial charge in [-0.25, -0.2) is 4.98 Å². The first-order valence-electron chi connectivity index (χ1n) is 6.51. The lowest BCUT2D eigenvalue weighted by atomic mass is 10.3. The number of hydrogen-bond donors (Lipinski definition) is 1. The number of hydrogen-bond acceptors (Lipinski definition) is 6. The van der Waals surface area contributed by atoms with Crippen LogP contribution in [0.1, 0.15) is 5.82 Å². The molecule has 2 rings (SSSR count). The lowest BCUT2D eigenvalue weighted by molar-refractivity contribution is -0.392. The van der Waals surface area contributed by atoms with Crippen LogP contribution in [0.3, 0.4) is 0 Å². The topological polar surface area (TPSA) is 111 Å². The number of morpholine rings is 1. The van der Waals surface area contributed by atoms with E-state index in [-0.39, 0.29) is 30.9 Å². The van der Waals surface area contributed by atoms with Gasteiger partial charge in [0.2, 0.25) is 5.91 Å². The molecule has 9 nitrogen and oxygen atoms in total. The largest absolute Gasteiger partial charge is 0.473 e. The SMILES string of the molecule is O=C1COCCN1C[C@@H](O)Cn1c([N+](=O)[O-])cnc1C(F)(F)F. The molecule has 1 aliphatic heterocycles. The van der Waals surface area contributed by atoms with E-state index in [1.54, 1.807) is 0 Å². The Morgan fingerprint density at radius 1 is 1.48 bits per heavy atom. The highest BCUT2D eigenvalue weighted by molar-refractivity contribution is 5.78. The van der Waals surface area contributed by atoms with E-state index < -0.39 is 41.3 Å². The number of nitro groups is 1. The quantitative estimate of drug-likeness (QED) is 0.599. The minimum Gasteiger partial charge on any atom is -0.387 e. The highest BCUT2D eigenvalue weighted by Gasteiger charge is 2.43. The van der Waals surface area contributed by atoms with Crippen LogP contribution in [-0.4, -0.2) is 62.8 Å². The number of rotatable bonds is 5. The van der Waals surface area contributed by atoms with E-state index in [4.69, 9.17) is 4.74 Å². The zero-order chi connectivity index (χ0) is 17.2. The molecule has 1 aromatic rings. The molecule has 0 spiro atoms. The van der Waals surface area contributed by atoms with Crippen LogP contribution in [0.25, 0.3) is 0 Å². The number of halogens is 3. The number of nitrogens with zero attached hydrogens (tertiary/aromatic N) is 4. The van der Waals surface area contributed by atoms with E-state index in [1.165, 1.54) is 4.90 Å². The zero-order valence-corrected chi connectivity index (χ0v) is 11.7. The molecule has 1 amide bonds. The van der Waals surface area contributed by atoms with Gasteiger partial charge in [0.15, 0.2) is 0 Å². The van der Waals surface area contributed by atoms with Crippen LogP contribution >= 0.6 is 0 Å². The van der Waals surface area contributed by atoms with Crippen LogP contribution in [0.4, 0.5) is 19.0 Å². The van der Waals surface area contributed by atoms with Crippen LogP contribution in [0, 0.1) is 10.1 Å². The summed E-state index contributed by atoms with van der Waals surface area (Å²) in [6.07, 6.45) is -5.84. The molecule has 0 unspecified atom stereocenters. The average molecular weight is 338 g/mol. The number of amides is 1. The van der Waals surface area contributed by atoms with Gasteiger partial charge < -0.3 is 24.9 Å². The monoisotopic (exact) mass is 338 g/mol. The second-order valence-electron chi connectivity index (χ2n) is 4.85. The van der Waals surface area contributed by atoms with Crippen LogP contribution in [0.15, 0.2) is 6.20 Å². The Morgan fingerprint density at radius 3 is 2.74 bits per heavy atom. The minimum atomic E-state index is -4.90. The molecule has 1 saturated heterocycles. The number of carbonyl (C=O) groups excluding carboxylic acids is 1. The van der Waals surface area contributed by atoms with Crippen LogP contribution < -0.4 is 0 Å². The van der Waals surface area contributed by atoms with Crippen LogP contribution in [0.2, 0.25) is 0 Å². The fraction of sp³-hybridized carbons (Fsp3) is 0.636. The number of aliphatic hydroxyl groups is 1. The van der Waals surface area contributed by atoms with Gasteiger partial charge in [-0.1, -0.05) is 0 Å². The van der Waals surface area contributed by atoms with Gasteiger partial charge in [0.25, 0.3) is 0 Å². The molecule has 1 aliphatic rings.